The zero-order chi connectivity index (χ0) is 19.5. The Kier molecular flexibility index (Phi) is 5.43. The topological polar surface area (TPSA) is 67.9 Å². The van der Waals surface area contributed by atoms with Crippen LogP contribution in [0.15, 0.2) is 35.2 Å². The van der Waals surface area contributed by atoms with Gasteiger partial charge in [-0.05, 0) is 58.2 Å². The maximum atomic E-state index is 13.9. The summed E-state index contributed by atoms with van der Waals surface area (Å²) in [5.41, 5.74) is 4.01. The van der Waals surface area contributed by atoms with Crippen molar-refractivity contribution in [1.29, 1.82) is 0 Å². The molecule has 0 bridgehead atoms. The molecule has 3 aromatic heterocycles. The van der Waals surface area contributed by atoms with Crippen molar-refractivity contribution in [3.05, 3.63) is 59.4 Å². The lowest BCUT2D eigenvalue weighted by Gasteiger charge is -2.24. The van der Waals surface area contributed by atoms with Gasteiger partial charge in [0.2, 0.25) is 0 Å². The first-order chi connectivity index (χ1) is 13.6. The molecule has 4 rings (SSSR count). The van der Waals surface area contributed by atoms with Crippen LogP contribution in [0.2, 0.25) is 0 Å². The van der Waals surface area contributed by atoms with Crippen molar-refractivity contribution in [2.75, 3.05) is 6.54 Å². The number of aromatic nitrogens is 4. The van der Waals surface area contributed by atoms with E-state index in [0.717, 1.165) is 60.6 Å². The summed E-state index contributed by atoms with van der Waals surface area (Å²) in [5.74, 6) is 0.525. The number of likely N-dealkylation sites (tertiary alicyclic amines) is 1. The summed E-state index contributed by atoms with van der Waals surface area (Å²) in [7, 11) is 0. The number of nitrogens with zero attached hydrogens (tertiary/aromatic N) is 5. The Labute approximate surface area is 163 Å². The van der Waals surface area contributed by atoms with Crippen molar-refractivity contribution >= 4 is 0 Å². The van der Waals surface area contributed by atoms with Crippen LogP contribution in [0.5, 0.6) is 0 Å². The summed E-state index contributed by atoms with van der Waals surface area (Å²) < 4.78 is 19.1. The van der Waals surface area contributed by atoms with Crippen LogP contribution in [0.3, 0.4) is 0 Å². The molecule has 1 aliphatic heterocycles. The fourth-order valence-corrected chi connectivity index (χ4v) is 3.93. The van der Waals surface area contributed by atoms with Gasteiger partial charge < -0.3 is 4.52 Å². The normalized spacial score (nSPS) is 17.3. The first-order valence-electron chi connectivity index (χ1n) is 9.69. The molecule has 0 aliphatic carbocycles. The standard InChI is InChI=1S/C21H24FN5O/c1-14-21(15(2)28-26-14)19-12-24-16(11-25-19)7-8-17-5-4-10-27(17)13-20-18(22)6-3-9-23-20/h3,6,9,11-12,17H,4-5,7-8,10,13H2,1-2H3/t17-/m1/s1. The van der Waals surface area contributed by atoms with Crippen molar-refractivity contribution in [2.45, 2.75) is 52.1 Å². The molecule has 1 aliphatic rings. The predicted octanol–water partition coefficient (Wildman–Crippen LogP) is 3.88. The van der Waals surface area contributed by atoms with Gasteiger partial charge >= 0.3 is 0 Å². The number of rotatable bonds is 6. The molecule has 0 saturated carbocycles. The molecule has 28 heavy (non-hydrogen) atoms. The van der Waals surface area contributed by atoms with E-state index in [1.807, 2.05) is 20.0 Å². The third-order valence-electron chi connectivity index (χ3n) is 5.42. The molecular formula is C21H24FN5O. The molecule has 0 spiro atoms. The van der Waals surface area contributed by atoms with Crippen molar-refractivity contribution in [2.24, 2.45) is 0 Å². The zero-order valence-corrected chi connectivity index (χ0v) is 16.2. The van der Waals surface area contributed by atoms with E-state index in [2.05, 4.69) is 25.0 Å². The van der Waals surface area contributed by atoms with Gasteiger partial charge in [0.1, 0.15) is 11.6 Å². The smallest absolute Gasteiger partial charge is 0.146 e. The van der Waals surface area contributed by atoms with Crippen LogP contribution in [-0.2, 0) is 13.0 Å². The van der Waals surface area contributed by atoms with Gasteiger partial charge in [0.05, 0.1) is 34.5 Å². The molecule has 0 aromatic carbocycles. The van der Waals surface area contributed by atoms with Gasteiger partial charge in [-0.25, -0.2) is 4.39 Å². The highest BCUT2D eigenvalue weighted by Gasteiger charge is 2.25. The molecule has 1 saturated heterocycles. The second-order valence-corrected chi connectivity index (χ2v) is 7.33. The molecule has 0 amide bonds. The number of halogens is 1. The van der Waals surface area contributed by atoms with Crippen molar-refractivity contribution in [3.63, 3.8) is 0 Å². The minimum Gasteiger partial charge on any atom is -0.361 e. The van der Waals surface area contributed by atoms with E-state index < -0.39 is 0 Å². The van der Waals surface area contributed by atoms with E-state index in [1.165, 1.54) is 6.07 Å². The summed E-state index contributed by atoms with van der Waals surface area (Å²) in [5, 5.41) is 3.97. The third-order valence-corrected chi connectivity index (χ3v) is 5.42. The average Bonchev–Trinajstić information content (AvgIpc) is 3.28. The van der Waals surface area contributed by atoms with Gasteiger partial charge in [0, 0.05) is 25.0 Å². The number of hydrogen-bond acceptors (Lipinski definition) is 6. The van der Waals surface area contributed by atoms with Gasteiger partial charge in [0.25, 0.3) is 0 Å². The minimum atomic E-state index is -0.228. The Morgan fingerprint density at radius 1 is 1.21 bits per heavy atom. The maximum Gasteiger partial charge on any atom is 0.146 e. The molecular weight excluding hydrogens is 357 g/mol. The number of hydrogen-bond donors (Lipinski definition) is 0. The van der Waals surface area contributed by atoms with E-state index in [9.17, 15) is 4.39 Å². The number of pyridine rings is 1. The Morgan fingerprint density at radius 2 is 2.11 bits per heavy atom. The first-order valence-corrected chi connectivity index (χ1v) is 9.69. The van der Waals surface area contributed by atoms with Crippen molar-refractivity contribution in [3.8, 4) is 11.3 Å². The highest BCUT2D eigenvalue weighted by Crippen LogP contribution is 2.26. The third kappa shape index (κ3) is 3.94. The monoisotopic (exact) mass is 381 g/mol. The Bertz CT molecular complexity index is 921. The highest BCUT2D eigenvalue weighted by atomic mass is 19.1. The quantitative estimate of drug-likeness (QED) is 0.645. The van der Waals surface area contributed by atoms with Gasteiger partial charge in [-0.15, -0.1) is 0 Å². The fraction of sp³-hybridized carbons (Fsp3) is 0.429. The summed E-state index contributed by atoms with van der Waals surface area (Å²) in [6, 6.07) is 3.53. The number of aryl methyl sites for hydroxylation is 3. The fourth-order valence-electron chi connectivity index (χ4n) is 3.93. The van der Waals surface area contributed by atoms with Crippen LogP contribution >= 0.6 is 0 Å². The first kappa shape index (κ1) is 18.7. The summed E-state index contributed by atoms with van der Waals surface area (Å²) in [6.45, 7) is 5.33. The van der Waals surface area contributed by atoms with Crippen LogP contribution in [-0.4, -0.2) is 37.6 Å². The van der Waals surface area contributed by atoms with Gasteiger partial charge in [0.15, 0.2) is 0 Å². The lowest BCUT2D eigenvalue weighted by atomic mass is 10.1. The molecule has 0 N–H and O–H groups in total. The van der Waals surface area contributed by atoms with E-state index in [1.54, 1.807) is 18.5 Å². The molecule has 146 valence electrons. The maximum absolute atomic E-state index is 13.9. The molecule has 1 fully saturated rings. The molecule has 6 nitrogen and oxygen atoms in total. The Hall–Kier alpha value is -2.67. The molecule has 4 heterocycles. The van der Waals surface area contributed by atoms with Crippen LogP contribution in [0.4, 0.5) is 4.39 Å². The summed E-state index contributed by atoms with van der Waals surface area (Å²) in [4.78, 5) is 15.7. The SMILES string of the molecule is Cc1noc(C)c1-c1cnc(CC[C@H]2CCCN2Cc2ncccc2F)cn1. The molecule has 1 atom stereocenters. The summed E-state index contributed by atoms with van der Waals surface area (Å²) in [6.07, 6.45) is 9.36. The van der Waals surface area contributed by atoms with Crippen molar-refractivity contribution in [1.82, 2.24) is 25.0 Å². The van der Waals surface area contributed by atoms with Crippen LogP contribution in [0.25, 0.3) is 11.3 Å². The van der Waals surface area contributed by atoms with E-state index >= 15 is 0 Å². The van der Waals surface area contributed by atoms with Crippen LogP contribution in [0.1, 0.15) is 42.1 Å². The average molecular weight is 381 g/mol. The van der Waals surface area contributed by atoms with Crippen molar-refractivity contribution < 1.29 is 8.91 Å². The lowest BCUT2D eigenvalue weighted by Crippen LogP contribution is -2.30. The Morgan fingerprint density at radius 3 is 2.82 bits per heavy atom. The summed E-state index contributed by atoms with van der Waals surface area (Å²) >= 11 is 0. The molecule has 0 unspecified atom stereocenters. The zero-order valence-electron chi connectivity index (χ0n) is 16.2. The van der Waals surface area contributed by atoms with E-state index in [4.69, 9.17) is 4.52 Å². The predicted molar refractivity (Wildman–Crippen MR) is 103 cm³/mol. The van der Waals surface area contributed by atoms with Crippen LogP contribution in [0, 0.1) is 19.7 Å². The van der Waals surface area contributed by atoms with E-state index in [-0.39, 0.29) is 5.82 Å². The second kappa shape index (κ2) is 8.14. The molecule has 7 heteroatoms. The Balaban J connectivity index is 1.38. The molecule has 0 radical (unpaired) electrons. The highest BCUT2D eigenvalue weighted by molar-refractivity contribution is 5.62. The van der Waals surface area contributed by atoms with E-state index in [0.29, 0.717) is 18.3 Å². The largest absolute Gasteiger partial charge is 0.361 e. The minimum absolute atomic E-state index is 0.228. The van der Waals surface area contributed by atoms with Gasteiger partial charge in [-0.3, -0.25) is 19.9 Å². The molecule has 3 aromatic rings. The second-order valence-electron chi connectivity index (χ2n) is 7.33. The lowest BCUT2D eigenvalue weighted by molar-refractivity contribution is 0.228. The van der Waals surface area contributed by atoms with Crippen LogP contribution < -0.4 is 0 Å². The van der Waals surface area contributed by atoms with Gasteiger partial charge in [-0.1, -0.05) is 5.16 Å². The van der Waals surface area contributed by atoms with Gasteiger partial charge in [-0.2, -0.15) is 0 Å².